The lowest BCUT2D eigenvalue weighted by atomic mass is 10.1. The fourth-order valence-electron chi connectivity index (χ4n) is 1.05. The van der Waals surface area contributed by atoms with E-state index < -0.39 is 24.4 Å². The number of carboxylic acids is 1. The van der Waals surface area contributed by atoms with E-state index in [0.29, 0.717) is 0 Å². The van der Waals surface area contributed by atoms with E-state index in [1.54, 1.807) is 0 Å². The lowest BCUT2D eigenvalue weighted by Crippen LogP contribution is -2.08. The number of anilines is 1. The monoisotopic (exact) mass is 280 g/mol. The molecule has 0 amide bonds. The summed E-state index contributed by atoms with van der Waals surface area (Å²) in [6.45, 7) is 0. The summed E-state index contributed by atoms with van der Waals surface area (Å²) < 4.78 is 25.0. The van der Waals surface area contributed by atoms with E-state index in [1.807, 2.05) is 0 Å². The van der Waals surface area contributed by atoms with Crippen molar-refractivity contribution in [3.05, 3.63) is 21.9 Å². The van der Waals surface area contributed by atoms with Gasteiger partial charge in [0.1, 0.15) is 4.60 Å². The van der Waals surface area contributed by atoms with E-state index in [2.05, 4.69) is 20.9 Å². The number of rotatable bonds is 3. The van der Waals surface area contributed by atoms with Crippen molar-refractivity contribution in [2.75, 3.05) is 5.73 Å². The molecule has 0 saturated heterocycles. The second-order valence-electron chi connectivity index (χ2n) is 2.77. The predicted molar refractivity (Wildman–Crippen MR) is 52.6 cm³/mol. The van der Waals surface area contributed by atoms with Crippen molar-refractivity contribution in [3.8, 4) is 0 Å². The summed E-state index contributed by atoms with van der Waals surface area (Å²) in [5.41, 5.74) is 4.81. The fraction of sp³-hybridized carbons (Fsp3) is 0.250. The Bertz CT molecular complexity index is 398. The highest BCUT2D eigenvalue weighted by Gasteiger charge is 2.18. The number of hydrogen-bond acceptors (Lipinski definition) is 3. The number of nitrogens with two attached hydrogens (primary N) is 1. The number of aliphatic carboxylic acids is 1. The van der Waals surface area contributed by atoms with Gasteiger partial charge in [0.15, 0.2) is 0 Å². The molecule has 7 heteroatoms. The summed E-state index contributed by atoms with van der Waals surface area (Å²) in [5, 5.41) is 8.55. The number of carbonyl (C=O) groups is 1. The number of pyridine rings is 1. The van der Waals surface area contributed by atoms with Crippen LogP contribution in [0.5, 0.6) is 0 Å². The van der Waals surface area contributed by atoms with Crippen LogP contribution in [-0.2, 0) is 11.2 Å². The summed E-state index contributed by atoms with van der Waals surface area (Å²) in [5.74, 6) is -1.16. The molecule has 15 heavy (non-hydrogen) atoms. The van der Waals surface area contributed by atoms with Crippen LogP contribution in [0.2, 0.25) is 0 Å². The molecule has 1 aromatic heterocycles. The smallest absolute Gasteiger partial charge is 0.307 e. The van der Waals surface area contributed by atoms with Gasteiger partial charge in [-0.15, -0.1) is 0 Å². The summed E-state index contributed by atoms with van der Waals surface area (Å²) >= 11 is 2.96. The second kappa shape index (κ2) is 4.52. The summed E-state index contributed by atoms with van der Waals surface area (Å²) in [7, 11) is 0. The standard InChI is InChI=1S/C8H7BrF2N2O2/c9-7-3(1-5(14)15)6(12)4(2-13-7)8(10)11/h2,8H,1H2,(H2,12,13)(H,14,15). The maximum absolute atomic E-state index is 12.4. The average Bonchev–Trinajstić information content (AvgIpc) is 2.11. The molecule has 0 bridgehead atoms. The Morgan fingerprint density at radius 2 is 2.27 bits per heavy atom. The van der Waals surface area contributed by atoms with Crippen LogP contribution in [0.25, 0.3) is 0 Å². The first-order chi connectivity index (χ1) is 6.93. The van der Waals surface area contributed by atoms with Gasteiger partial charge in [0.25, 0.3) is 6.43 Å². The molecule has 0 spiro atoms. The van der Waals surface area contributed by atoms with Crippen LogP contribution in [0.3, 0.4) is 0 Å². The molecule has 1 heterocycles. The highest BCUT2D eigenvalue weighted by atomic mass is 79.9. The average molecular weight is 281 g/mol. The van der Waals surface area contributed by atoms with Crippen molar-refractivity contribution in [1.29, 1.82) is 0 Å². The molecule has 0 fully saturated rings. The maximum Gasteiger partial charge on any atom is 0.307 e. The third-order valence-corrected chi connectivity index (χ3v) is 2.45. The molecule has 0 aliphatic rings. The molecule has 0 unspecified atom stereocenters. The van der Waals surface area contributed by atoms with Crippen LogP contribution < -0.4 is 5.73 Å². The van der Waals surface area contributed by atoms with E-state index in [-0.39, 0.29) is 15.9 Å². The van der Waals surface area contributed by atoms with Crippen LogP contribution in [0.15, 0.2) is 10.8 Å². The first kappa shape index (κ1) is 11.8. The van der Waals surface area contributed by atoms with Crippen LogP contribution in [0, 0.1) is 0 Å². The third-order valence-electron chi connectivity index (χ3n) is 1.77. The number of nitrogen functional groups attached to an aromatic ring is 1. The van der Waals surface area contributed by atoms with Gasteiger partial charge in [0.2, 0.25) is 0 Å². The molecule has 1 rings (SSSR count). The van der Waals surface area contributed by atoms with Crippen molar-refractivity contribution in [3.63, 3.8) is 0 Å². The zero-order chi connectivity index (χ0) is 11.6. The Morgan fingerprint density at radius 3 is 2.73 bits per heavy atom. The molecule has 0 saturated carbocycles. The first-order valence-corrected chi connectivity index (χ1v) is 4.65. The lowest BCUT2D eigenvalue weighted by Gasteiger charge is -2.09. The maximum atomic E-state index is 12.4. The first-order valence-electron chi connectivity index (χ1n) is 3.86. The minimum absolute atomic E-state index is 0.0697. The van der Waals surface area contributed by atoms with Gasteiger partial charge in [-0.25, -0.2) is 13.8 Å². The van der Waals surface area contributed by atoms with Crippen molar-refractivity contribution < 1.29 is 18.7 Å². The normalized spacial score (nSPS) is 10.7. The highest BCUT2D eigenvalue weighted by molar-refractivity contribution is 9.10. The van der Waals surface area contributed by atoms with Gasteiger partial charge < -0.3 is 10.8 Å². The van der Waals surface area contributed by atoms with Crippen molar-refractivity contribution in [2.45, 2.75) is 12.8 Å². The Balaban J connectivity index is 3.23. The van der Waals surface area contributed by atoms with Crippen LogP contribution in [0.4, 0.5) is 14.5 Å². The number of nitrogens with zero attached hydrogens (tertiary/aromatic N) is 1. The molecule has 0 atom stereocenters. The Hall–Kier alpha value is -1.24. The van der Waals surface area contributed by atoms with Gasteiger partial charge in [-0.05, 0) is 15.9 Å². The Morgan fingerprint density at radius 1 is 1.67 bits per heavy atom. The highest BCUT2D eigenvalue weighted by Crippen LogP contribution is 2.30. The molecule has 0 aliphatic carbocycles. The SMILES string of the molecule is Nc1c(C(F)F)cnc(Br)c1CC(=O)O. The molecule has 1 aromatic rings. The minimum Gasteiger partial charge on any atom is -0.481 e. The predicted octanol–water partition coefficient (Wildman–Crippen LogP) is 1.99. The van der Waals surface area contributed by atoms with Gasteiger partial charge in [-0.1, -0.05) is 0 Å². The number of hydrogen-bond donors (Lipinski definition) is 2. The van der Waals surface area contributed by atoms with Crippen molar-refractivity contribution in [1.82, 2.24) is 4.98 Å². The number of carboxylic acid groups (broad SMARTS) is 1. The minimum atomic E-state index is -2.77. The topological polar surface area (TPSA) is 76.2 Å². The van der Waals surface area contributed by atoms with Crippen molar-refractivity contribution in [2.24, 2.45) is 0 Å². The summed E-state index contributed by atoms with van der Waals surface area (Å²) in [6, 6.07) is 0. The Kier molecular flexibility index (Phi) is 3.57. The van der Waals surface area contributed by atoms with Crippen LogP contribution >= 0.6 is 15.9 Å². The second-order valence-corrected chi connectivity index (χ2v) is 3.52. The number of alkyl halides is 2. The summed E-state index contributed by atoms with van der Waals surface area (Å²) in [4.78, 5) is 14.1. The lowest BCUT2D eigenvalue weighted by molar-refractivity contribution is -0.136. The molecular formula is C8H7BrF2N2O2. The molecule has 82 valence electrons. The van der Waals surface area contributed by atoms with Gasteiger partial charge in [-0.3, -0.25) is 4.79 Å². The number of aromatic nitrogens is 1. The fourth-order valence-corrected chi connectivity index (χ4v) is 1.51. The largest absolute Gasteiger partial charge is 0.481 e. The summed E-state index contributed by atoms with van der Waals surface area (Å²) in [6.07, 6.45) is -2.28. The molecule has 0 radical (unpaired) electrons. The van der Waals surface area contributed by atoms with Gasteiger partial charge >= 0.3 is 5.97 Å². The molecule has 3 N–H and O–H groups in total. The zero-order valence-electron chi connectivity index (χ0n) is 7.38. The molecular weight excluding hydrogens is 274 g/mol. The number of halogens is 3. The van der Waals surface area contributed by atoms with Crippen LogP contribution in [-0.4, -0.2) is 16.1 Å². The van der Waals surface area contributed by atoms with E-state index >= 15 is 0 Å². The third kappa shape index (κ3) is 2.62. The molecule has 0 aromatic carbocycles. The zero-order valence-corrected chi connectivity index (χ0v) is 8.96. The van der Waals surface area contributed by atoms with Crippen molar-refractivity contribution >= 4 is 27.6 Å². The van der Waals surface area contributed by atoms with E-state index in [9.17, 15) is 13.6 Å². The Labute approximate surface area is 92.2 Å². The van der Waals surface area contributed by atoms with E-state index in [4.69, 9.17) is 10.8 Å². The van der Waals surface area contributed by atoms with E-state index in [0.717, 1.165) is 6.20 Å². The van der Waals surface area contributed by atoms with Gasteiger partial charge in [0.05, 0.1) is 12.0 Å². The van der Waals surface area contributed by atoms with Crippen LogP contribution in [0.1, 0.15) is 17.6 Å². The van der Waals surface area contributed by atoms with E-state index in [1.165, 1.54) is 0 Å². The molecule has 4 nitrogen and oxygen atoms in total. The quantitative estimate of drug-likeness (QED) is 0.831. The van der Waals surface area contributed by atoms with Gasteiger partial charge in [-0.2, -0.15) is 0 Å². The molecule has 0 aliphatic heterocycles. The van der Waals surface area contributed by atoms with Gasteiger partial charge in [0, 0.05) is 17.4 Å².